The van der Waals surface area contributed by atoms with Crippen molar-refractivity contribution < 1.29 is 0 Å². The molecule has 0 saturated heterocycles. The second-order valence-electron chi connectivity index (χ2n) is 7.72. The van der Waals surface area contributed by atoms with E-state index in [4.69, 9.17) is 0 Å². The zero-order valence-corrected chi connectivity index (χ0v) is 17.7. The van der Waals surface area contributed by atoms with E-state index in [0.29, 0.717) is 0 Å². The second-order valence-corrected chi connectivity index (χ2v) is 8.58. The Hall–Kier alpha value is -2.50. The molecule has 0 radical (unpaired) electrons. The summed E-state index contributed by atoms with van der Waals surface area (Å²) in [5.74, 6) is 0. The summed E-state index contributed by atoms with van der Waals surface area (Å²) < 4.78 is 0. The maximum absolute atomic E-state index is 4.59. The summed E-state index contributed by atoms with van der Waals surface area (Å²) in [4.78, 5) is 7.10. The normalized spacial score (nSPS) is 15.2. The van der Waals surface area contributed by atoms with Crippen LogP contribution < -0.4 is 5.43 Å². The van der Waals surface area contributed by atoms with Gasteiger partial charge in [-0.15, -0.1) is 11.3 Å². The van der Waals surface area contributed by atoms with E-state index in [2.05, 4.69) is 63.9 Å². The van der Waals surface area contributed by atoms with Crippen LogP contribution in [0.1, 0.15) is 43.2 Å². The first-order valence-electron chi connectivity index (χ1n) is 10.4. The smallest absolute Gasteiger partial charge is 0.203 e. The van der Waals surface area contributed by atoms with Gasteiger partial charge >= 0.3 is 0 Å². The van der Waals surface area contributed by atoms with Crippen LogP contribution in [-0.4, -0.2) is 29.2 Å². The van der Waals surface area contributed by atoms with Crippen molar-refractivity contribution in [3.8, 4) is 11.3 Å². The topological polar surface area (TPSA) is 40.5 Å². The molecule has 0 amide bonds. The van der Waals surface area contributed by atoms with Crippen molar-refractivity contribution >= 4 is 22.7 Å². The van der Waals surface area contributed by atoms with Gasteiger partial charge in [0.05, 0.1) is 11.9 Å². The number of aromatic nitrogens is 1. The molecule has 0 atom stereocenters. The summed E-state index contributed by atoms with van der Waals surface area (Å²) in [6.07, 6.45) is 8.69. The van der Waals surface area contributed by atoms with Crippen molar-refractivity contribution in [2.45, 2.75) is 44.7 Å². The minimum Gasteiger partial charge on any atom is -0.299 e. The number of thiazole rings is 1. The van der Waals surface area contributed by atoms with E-state index >= 15 is 0 Å². The van der Waals surface area contributed by atoms with Crippen LogP contribution in [0.4, 0.5) is 5.13 Å². The number of nitrogens with one attached hydrogen (secondary N) is 1. The Morgan fingerprint density at radius 2 is 1.83 bits per heavy atom. The average Bonchev–Trinajstić information content (AvgIpc) is 3.25. The molecule has 1 fully saturated rings. The van der Waals surface area contributed by atoms with E-state index < -0.39 is 0 Å². The second kappa shape index (κ2) is 9.81. The number of hydrogen-bond acceptors (Lipinski definition) is 5. The Bertz CT molecular complexity index is 912. The van der Waals surface area contributed by atoms with Crippen LogP contribution in [0.25, 0.3) is 11.3 Å². The molecule has 1 saturated carbocycles. The summed E-state index contributed by atoms with van der Waals surface area (Å²) in [5.41, 5.74) is 7.58. The summed E-state index contributed by atoms with van der Waals surface area (Å²) in [5, 5.41) is 7.19. The molecule has 150 valence electrons. The van der Waals surface area contributed by atoms with Gasteiger partial charge < -0.3 is 0 Å². The van der Waals surface area contributed by atoms with Crippen molar-refractivity contribution in [1.29, 1.82) is 0 Å². The molecule has 1 N–H and O–H groups in total. The molecule has 3 aromatic rings. The molecule has 2 aromatic carbocycles. The highest BCUT2D eigenvalue weighted by Crippen LogP contribution is 2.25. The third-order valence-electron chi connectivity index (χ3n) is 5.56. The molecule has 29 heavy (non-hydrogen) atoms. The SMILES string of the molecule is CN(Cc1ccc(C=NNc2nc(-c3ccccc3)cs2)cc1)C1CCCCC1. The van der Waals surface area contributed by atoms with Gasteiger partial charge in [-0.05, 0) is 31.0 Å². The zero-order chi connectivity index (χ0) is 19.9. The monoisotopic (exact) mass is 404 g/mol. The van der Waals surface area contributed by atoms with Gasteiger partial charge in [-0.25, -0.2) is 4.98 Å². The minimum atomic E-state index is 0.744. The van der Waals surface area contributed by atoms with Crippen molar-refractivity contribution in [2.75, 3.05) is 12.5 Å². The van der Waals surface area contributed by atoms with E-state index in [9.17, 15) is 0 Å². The lowest BCUT2D eigenvalue weighted by Crippen LogP contribution is -2.32. The summed E-state index contributed by atoms with van der Waals surface area (Å²) in [7, 11) is 2.26. The Kier molecular flexibility index (Phi) is 6.70. The van der Waals surface area contributed by atoms with Crippen LogP contribution in [0.15, 0.2) is 65.1 Å². The highest BCUT2D eigenvalue weighted by Gasteiger charge is 2.17. The predicted octanol–water partition coefficient (Wildman–Crippen LogP) is 6.02. The number of anilines is 1. The molecule has 4 nitrogen and oxygen atoms in total. The first kappa shape index (κ1) is 19.8. The molecular formula is C24H28N4S. The highest BCUT2D eigenvalue weighted by molar-refractivity contribution is 7.14. The molecule has 1 aromatic heterocycles. The fourth-order valence-electron chi connectivity index (χ4n) is 3.88. The molecule has 5 heteroatoms. The van der Waals surface area contributed by atoms with Crippen molar-refractivity contribution in [3.05, 3.63) is 71.1 Å². The van der Waals surface area contributed by atoms with Crippen LogP contribution in [0, 0.1) is 0 Å². The maximum Gasteiger partial charge on any atom is 0.203 e. The van der Waals surface area contributed by atoms with Crippen LogP contribution in [0.3, 0.4) is 0 Å². The Balaban J connectivity index is 1.29. The number of rotatable bonds is 7. The van der Waals surface area contributed by atoms with E-state index in [1.807, 2.05) is 29.8 Å². The van der Waals surface area contributed by atoms with Crippen LogP contribution in [0.2, 0.25) is 0 Å². The first-order chi connectivity index (χ1) is 14.3. The lowest BCUT2D eigenvalue weighted by Gasteiger charge is -2.31. The molecule has 1 aliphatic rings. The third kappa shape index (κ3) is 5.52. The fourth-order valence-corrected chi connectivity index (χ4v) is 4.55. The Morgan fingerprint density at radius 3 is 2.59 bits per heavy atom. The van der Waals surface area contributed by atoms with E-state index in [1.54, 1.807) is 11.3 Å². The zero-order valence-electron chi connectivity index (χ0n) is 16.9. The van der Waals surface area contributed by atoms with Gasteiger partial charge in [-0.1, -0.05) is 73.9 Å². The first-order valence-corrected chi connectivity index (χ1v) is 11.2. The third-order valence-corrected chi connectivity index (χ3v) is 6.30. The van der Waals surface area contributed by atoms with E-state index in [1.165, 1.54) is 37.7 Å². The number of hydrazone groups is 1. The van der Waals surface area contributed by atoms with E-state index in [0.717, 1.165) is 34.5 Å². The van der Waals surface area contributed by atoms with Gasteiger partial charge in [0.2, 0.25) is 5.13 Å². The molecule has 0 spiro atoms. The van der Waals surface area contributed by atoms with Crippen molar-refractivity contribution in [3.63, 3.8) is 0 Å². The van der Waals surface area contributed by atoms with Gasteiger partial charge in [0, 0.05) is 23.5 Å². The average molecular weight is 405 g/mol. The lowest BCUT2D eigenvalue weighted by molar-refractivity contribution is 0.184. The van der Waals surface area contributed by atoms with Gasteiger partial charge in [-0.3, -0.25) is 10.3 Å². The maximum atomic E-state index is 4.59. The van der Waals surface area contributed by atoms with Crippen molar-refractivity contribution in [1.82, 2.24) is 9.88 Å². The molecule has 1 heterocycles. The van der Waals surface area contributed by atoms with Crippen LogP contribution in [-0.2, 0) is 6.54 Å². The highest BCUT2D eigenvalue weighted by atomic mass is 32.1. The van der Waals surface area contributed by atoms with Crippen LogP contribution >= 0.6 is 11.3 Å². The largest absolute Gasteiger partial charge is 0.299 e. The molecule has 1 aliphatic carbocycles. The predicted molar refractivity (Wildman–Crippen MR) is 124 cm³/mol. The summed E-state index contributed by atoms with van der Waals surface area (Å²) in [6, 6.07) is 19.6. The van der Waals surface area contributed by atoms with Gasteiger partial charge in [-0.2, -0.15) is 5.10 Å². The number of benzene rings is 2. The Labute approximate surface area is 177 Å². The summed E-state index contributed by atoms with van der Waals surface area (Å²) in [6.45, 7) is 1.02. The standard InChI is InChI=1S/C24H28N4S/c1-28(22-10-6-3-7-11-22)17-20-14-12-19(13-15-20)16-25-27-24-26-23(18-29-24)21-8-4-2-5-9-21/h2,4-5,8-9,12-16,18,22H,3,6-7,10-11,17H2,1H3,(H,26,27). The molecular weight excluding hydrogens is 376 g/mol. The quantitative estimate of drug-likeness (QED) is 0.387. The molecule has 0 bridgehead atoms. The van der Waals surface area contributed by atoms with Crippen LogP contribution in [0.5, 0.6) is 0 Å². The molecule has 0 unspecified atom stereocenters. The lowest BCUT2D eigenvalue weighted by atomic mass is 9.94. The fraction of sp³-hybridized carbons (Fsp3) is 0.333. The van der Waals surface area contributed by atoms with Crippen molar-refractivity contribution in [2.24, 2.45) is 5.10 Å². The van der Waals surface area contributed by atoms with Gasteiger partial charge in [0.1, 0.15) is 0 Å². The summed E-state index contributed by atoms with van der Waals surface area (Å²) >= 11 is 1.56. The van der Waals surface area contributed by atoms with Gasteiger partial charge in [0.15, 0.2) is 0 Å². The molecule has 0 aliphatic heterocycles. The van der Waals surface area contributed by atoms with Gasteiger partial charge in [0.25, 0.3) is 0 Å². The van der Waals surface area contributed by atoms with E-state index in [-0.39, 0.29) is 0 Å². The molecule has 4 rings (SSSR count). The Morgan fingerprint density at radius 1 is 1.07 bits per heavy atom. The minimum absolute atomic E-state index is 0.744. The number of hydrogen-bond donors (Lipinski definition) is 1. The number of nitrogens with zero attached hydrogens (tertiary/aromatic N) is 3.